The summed E-state index contributed by atoms with van der Waals surface area (Å²) in [6.45, 7) is 0.414. The van der Waals surface area contributed by atoms with Crippen LogP contribution in [-0.4, -0.2) is 40.1 Å². The van der Waals surface area contributed by atoms with Crippen molar-refractivity contribution in [3.05, 3.63) is 54.1 Å². The molecule has 0 aliphatic rings. The molecule has 0 aliphatic carbocycles. The molecule has 29 heavy (non-hydrogen) atoms. The Labute approximate surface area is 165 Å². The number of esters is 1. The van der Waals surface area contributed by atoms with Crippen LogP contribution in [0, 0.1) is 11.6 Å². The van der Waals surface area contributed by atoms with E-state index in [-0.39, 0.29) is 4.90 Å². The number of methoxy groups -OCH3 is 1. The minimum absolute atomic E-state index is 0.0997. The second-order valence-corrected chi connectivity index (χ2v) is 7.51. The maximum absolute atomic E-state index is 13.5. The Kier molecular flexibility index (Phi) is 7.23. The van der Waals surface area contributed by atoms with E-state index >= 15 is 0 Å². The first-order chi connectivity index (χ1) is 13.6. The molecule has 1 amide bonds. The Morgan fingerprint density at radius 1 is 1.10 bits per heavy atom. The molecule has 0 aromatic heterocycles. The number of carbonyl (C=O) groups is 2. The highest BCUT2D eigenvalue weighted by atomic mass is 32.2. The largest absolute Gasteiger partial charge is 0.497 e. The molecule has 2 rings (SSSR count). The quantitative estimate of drug-likeness (QED) is 0.621. The van der Waals surface area contributed by atoms with Crippen molar-refractivity contribution in [2.45, 2.75) is 17.9 Å². The lowest BCUT2D eigenvalue weighted by atomic mass is 10.3. The van der Waals surface area contributed by atoms with Crippen molar-refractivity contribution >= 4 is 27.6 Å². The molecule has 0 saturated carbocycles. The summed E-state index contributed by atoms with van der Waals surface area (Å²) in [6, 6.07) is 6.62. The van der Waals surface area contributed by atoms with E-state index in [4.69, 9.17) is 9.47 Å². The normalized spacial score (nSPS) is 12.1. The number of sulfonamides is 1. The third-order valence-electron chi connectivity index (χ3n) is 3.60. The molecule has 0 spiro atoms. The van der Waals surface area contributed by atoms with Crippen LogP contribution >= 0.6 is 0 Å². The van der Waals surface area contributed by atoms with E-state index in [1.165, 1.54) is 38.3 Å². The lowest BCUT2D eigenvalue weighted by Gasteiger charge is -2.14. The number of halogens is 2. The highest BCUT2D eigenvalue weighted by Gasteiger charge is 2.24. The van der Waals surface area contributed by atoms with Crippen LogP contribution in [0.5, 0.6) is 5.75 Å². The van der Waals surface area contributed by atoms with Crippen LogP contribution in [-0.2, 0) is 24.3 Å². The van der Waals surface area contributed by atoms with Crippen LogP contribution in [0.2, 0.25) is 0 Å². The highest BCUT2D eigenvalue weighted by Crippen LogP contribution is 2.16. The first kappa shape index (κ1) is 22.2. The van der Waals surface area contributed by atoms with Crippen molar-refractivity contribution in [2.24, 2.45) is 0 Å². The van der Waals surface area contributed by atoms with Crippen LogP contribution < -0.4 is 14.8 Å². The van der Waals surface area contributed by atoms with Gasteiger partial charge in [-0.05, 0) is 43.3 Å². The van der Waals surface area contributed by atoms with Crippen LogP contribution in [0.3, 0.4) is 0 Å². The first-order valence-corrected chi connectivity index (χ1v) is 9.68. The second kappa shape index (κ2) is 9.43. The topological polar surface area (TPSA) is 111 Å². The Morgan fingerprint density at radius 3 is 2.38 bits per heavy atom. The molecule has 0 aliphatic heterocycles. The monoisotopic (exact) mass is 428 g/mol. The number of amides is 1. The summed E-state index contributed by atoms with van der Waals surface area (Å²) < 4.78 is 62.9. The van der Waals surface area contributed by atoms with E-state index in [9.17, 15) is 26.8 Å². The van der Waals surface area contributed by atoms with E-state index in [0.29, 0.717) is 5.75 Å². The van der Waals surface area contributed by atoms with Gasteiger partial charge in [0.1, 0.15) is 23.4 Å². The molecule has 156 valence electrons. The molecule has 2 N–H and O–H groups in total. The van der Waals surface area contributed by atoms with Gasteiger partial charge >= 0.3 is 5.97 Å². The fraction of sp³-hybridized carbons (Fsp3) is 0.222. The predicted octanol–water partition coefficient (Wildman–Crippen LogP) is 1.82. The Hall–Kier alpha value is -3.05. The van der Waals surface area contributed by atoms with E-state index in [1.54, 1.807) is 0 Å². The summed E-state index contributed by atoms with van der Waals surface area (Å²) in [5.41, 5.74) is -0.417. The Morgan fingerprint density at radius 2 is 1.76 bits per heavy atom. The third-order valence-corrected chi connectivity index (χ3v) is 5.16. The van der Waals surface area contributed by atoms with Gasteiger partial charge in [0.25, 0.3) is 5.91 Å². The number of anilines is 1. The molecule has 1 atom stereocenters. The number of nitrogens with one attached hydrogen (secondary N) is 2. The molecule has 8 nitrogen and oxygen atoms in total. The molecular weight excluding hydrogens is 410 g/mol. The van der Waals surface area contributed by atoms with Gasteiger partial charge in [-0.25, -0.2) is 17.2 Å². The summed E-state index contributed by atoms with van der Waals surface area (Å²) in [4.78, 5) is 23.6. The fourth-order valence-corrected chi connectivity index (χ4v) is 3.34. The van der Waals surface area contributed by atoms with E-state index in [1.807, 2.05) is 5.32 Å². The third kappa shape index (κ3) is 6.22. The van der Waals surface area contributed by atoms with Crippen LogP contribution in [0.25, 0.3) is 0 Å². The zero-order chi connectivity index (χ0) is 21.6. The summed E-state index contributed by atoms with van der Waals surface area (Å²) in [6.07, 6.45) is 0. The summed E-state index contributed by atoms with van der Waals surface area (Å²) in [5, 5.41) is 2.05. The van der Waals surface area contributed by atoms with Crippen LogP contribution in [0.1, 0.15) is 6.92 Å². The van der Waals surface area contributed by atoms with Gasteiger partial charge in [0.15, 0.2) is 6.61 Å². The standard InChI is InChI=1S/C18H18F2N2O6S/c1-11(22-29(25,26)14-6-4-13(27-2)5-7-14)18(24)28-10-17(23)21-16-9-12(19)3-8-15(16)20/h3-9,11,22H,10H2,1-2H3,(H,21,23)/t11-/m0/s1. The number of ether oxygens (including phenoxy) is 2. The van der Waals surface area contributed by atoms with Crippen molar-refractivity contribution in [3.63, 3.8) is 0 Å². The minimum atomic E-state index is -4.03. The fourth-order valence-electron chi connectivity index (χ4n) is 2.15. The molecule has 2 aromatic rings. The Balaban J connectivity index is 1.90. The van der Waals surface area contributed by atoms with Gasteiger partial charge in [-0.15, -0.1) is 0 Å². The minimum Gasteiger partial charge on any atom is -0.497 e. The van der Waals surface area contributed by atoms with Crippen molar-refractivity contribution in [2.75, 3.05) is 19.0 Å². The van der Waals surface area contributed by atoms with Gasteiger partial charge in [-0.1, -0.05) is 0 Å². The summed E-state index contributed by atoms with van der Waals surface area (Å²) in [5.74, 6) is -3.13. The molecule has 0 fully saturated rings. The number of hydrogen-bond acceptors (Lipinski definition) is 6. The van der Waals surface area contributed by atoms with Gasteiger partial charge in [-0.2, -0.15) is 4.72 Å². The zero-order valence-electron chi connectivity index (χ0n) is 15.4. The maximum atomic E-state index is 13.5. The average Bonchev–Trinajstić information content (AvgIpc) is 2.68. The van der Waals surface area contributed by atoms with Crippen LogP contribution in [0.15, 0.2) is 47.4 Å². The Bertz CT molecular complexity index is 996. The smallest absolute Gasteiger partial charge is 0.324 e. The van der Waals surface area contributed by atoms with E-state index in [2.05, 4.69) is 4.72 Å². The molecule has 0 unspecified atom stereocenters. The van der Waals surface area contributed by atoms with Gasteiger partial charge < -0.3 is 14.8 Å². The van der Waals surface area contributed by atoms with Crippen LogP contribution in [0.4, 0.5) is 14.5 Å². The van der Waals surface area contributed by atoms with Gasteiger partial charge in [0.2, 0.25) is 10.0 Å². The predicted molar refractivity (Wildman–Crippen MR) is 98.7 cm³/mol. The molecule has 0 heterocycles. The van der Waals surface area contributed by atoms with Gasteiger partial charge in [0.05, 0.1) is 17.7 Å². The van der Waals surface area contributed by atoms with Crippen molar-refractivity contribution in [1.29, 1.82) is 0 Å². The lowest BCUT2D eigenvalue weighted by molar-refractivity contribution is -0.148. The summed E-state index contributed by atoms with van der Waals surface area (Å²) >= 11 is 0. The molecule has 0 saturated heterocycles. The van der Waals surface area contributed by atoms with Gasteiger partial charge in [-0.3, -0.25) is 9.59 Å². The van der Waals surface area contributed by atoms with Crippen molar-refractivity contribution in [3.8, 4) is 5.75 Å². The molecule has 0 radical (unpaired) electrons. The molecular formula is C18H18F2N2O6S. The molecule has 0 bridgehead atoms. The number of hydrogen-bond donors (Lipinski definition) is 2. The SMILES string of the molecule is COc1ccc(S(=O)(=O)N[C@@H](C)C(=O)OCC(=O)Nc2cc(F)ccc2F)cc1. The number of benzene rings is 2. The first-order valence-electron chi connectivity index (χ1n) is 8.20. The number of rotatable bonds is 8. The molecule has 11 heteroatoms. The maximum Gasteiger partial charge on any atom is 0.324 e. The second-order valence-electron chi connectivity index (χ2n) is 5.80. The average molecular weight is 428 g/mol. The zero-order valence-corrected chi connectivity index (χ0v) is 16.3. The van der Waals surface area contributed by atoms with Gasteiger partial charge in [0, 0.05) is 6.07 Å². The van der Waals surface area contributed by atoms with Crippen molar-refractivity contribution < 1.29 is 36.3 Å². The summed E-state index contributed by atoms with van der Waals surface area (Å²) in [7, 11) is -2.60. The molecule has 2 aromatic carbocycles. The van der Waals surface area contributed by atoms with E-state index < -0.39 is 51.9 Å². The number of carbonyl (C=O) groups excluding carboxylic acids is 2. The van der Waals surface area contributed by atoms with Crippen molar-refractivity contribution in [1.82, 2.24) is 4.72 Å². The van der Waals surface area contributed by atoms with E-state index in [0.717, 1.165) is 18.2 Å². The highest BCUT2D eigenvalue weighted by molar-refractivity contribution is 7.89. The lowest BCUT2D eigenvalue weighted by Crippen LogP contribution is -2.40.